The van der Waals surface area contributed by atoms with E-state index in [2.05, 4.69) is 5.32 Å². The standard InChI is InChI=1S/C24H24F2N2O5S/c1-32-20-8-10-21(11-9-20)33-14-13-27-24(29)18-5-3-17(4-6-18)16-28(34(2,30)31)19-7-12-22(25)23(26)15-19/h3-12,15H,13-14,16H2,1-2H3,(H,27,29). The second-order valence-electron chi connectivity index (χ2n) is 7.34. The molecule has 0 spiro atoms. The average Bonchev–Trinajstić information content (AvgIpc) is 2.82. The van der Waals surface area contributed by atoms with Gasteiger partial charge in [-0.15, -0.1) is 0 Å². The summed E-state index contributed by atoms with van der Waals surface area (Å²) in [6.07, 6.45) is 0.976. The number of nitrogens with one attached hydrogen (secondary N) is 1. The lowest BCUT2D eigenvalue weighted by Gasteiger charge is -2.22. The third-order valence-corrected chi connectivity index (χ3v) is 5.99. The van der Waals surface area contributed by atoms with Crippen LogP contribution in [0.2, 0.25) is 0 Å². The van der Waals surface area contributed by atoms with E-state index in [9.17, 15) is 22.0 Å². The van der Waals surface area contributed by atoms with Gasteiger partial charge in [0.1, 0.15) is 18.1 Å². The zero-order valence-electron chi connectivity index (χ0n) is 18.6. The molecule has 0 unspecified atom stereocenters. The molecule has 1 amide bonds. The summed E-state index contributed by atoms with van der Waals surface area (Å²) >= 11 is 0. The van der Waals surface area contributed by atoms with Crippen molar-refractivity contribution < 1.29 is 31.5 Å². The summed E-state index contributed by atoms with van der Waals surface area (Å²) in [4.78, 5) is 12.4. The molecule has 0 fully saturated rings. The van der Waals surface area contributed by atoms with E-state index in [1.54, 1.807) is 55.6 Å². The number of benzene rings is 3. The molecule has 34 heavy (non-hydrogen) atoms. The van der Waals surface area contributed by atoms with E-state index in [4.69, 9.17) is 9.47 Å². The van der Waals surface area contributed by atoms with Gasteiger partial charge in [0.25, 0.3) is 5.91 Å². The summed E-state index contributed by atoms with van der Waals surface area (Å²) in [5.41, 5.74) is 0.946. The van der Waals surface area contributed by atoms with Crippen molar-refractivity contribution in [2.45, 2.75) is 6.54 Å². The predicted octanol–water partition coefficient (Wildman–Crippen LogP) is 3.75. The number of carbonyl (C=O) groups is 1. The zero-order valence-corrected chi connectivity index (χ0v) is 19.4. The summed E-state index contributed by atoms with van der Waals surface area (Å²) in [6, 6.07) is 16.3. The van der Waals surface area contributed by atoms with E-state index in [1.165, 1.54) is 6.07 Å². The van der Waals surface area contributed by atoms with Gasteiger partial charge >= 0.3 is 0 Å². The molecule has 0 saturated heterocycles. The number of amides is 1. The average molecular weight is 491 g/mol. The molecule has 0 radical (unpaired) electrons. The predicted molar refractivity (Wildman–Crippen MR) is 125 cm³/mol. The van der Waals surface area contributed by atoms with Gasteiger partial charge in [0, 0.05) is 11.6 Å². The SMILES string of the molecule is COc1ccc(OCCNC(=O)c2ccc(CN(c3ccc(F)c(F)c3)S(C)(=O)=O)cc2)cc1. The molecule has 7 nitrogen and oxygen atoms in total. The molecule has 3 rings (SSSR count). The van der Waals surface area contributed by atoms with Crippen LogP contribution in [-0.2, 0) is 16.6 Å². The van der Waals surface area contributed by atoms with E-state index >= 15 is 0 Å². The quantitative estimate of drug-likeness (QED) is 0.438. The van der Waals surface area contributed by atoms with E-state index in [1.807, 2.05) is 0 Å². The Morgan fingerprint density at radius 2 is 1.59 bits per heavy atom. The van der Waals surface area contributed by atoms with Crippen molar-refractivity contribution in [3.63, 3.8) is 0 Å². The molecule has 0 heterocycles. The van der Waals surface area contributed by atoms with Crippen LogP contribution in [0.15, 0.2) is 66.7 Å². The van der Waals surface area contributed by atoms with Crippen LogP contribution in [0.3, 0.4) is 0 Å². The largest absolute Gasteiger partial charge is 0.497 e. The van der Waals surface area contributed by atoms with Gasteiger partial charge in [-0.3, -0.25) is 9.10 Å². The van der Waals surface area contributed by atoms with Gasteiger partial charge in [-0.1, -0.05) is 12.1 Å². The van der Waals surface area contributed by atoms with Gasteiger partial charge < -0.3 is 14.8 Å². The van der Waals surface area contributed by atoms with Crippen molar-refractivity contribution in [1.82, 2.24) is 5.32 Å². The molecule has 180 valence electrons. The zero-order chi connectivity index (χ0) is 24.7. The molecule has 0 bridgehead atoms. The number of ether oxygens (including phenoxy) is 2. The van der Waals surface area contributed by atoms with Gasteiger partial charge in [0.2, 0.25) is 10.0 Å². The molecular formula is C24H24F2N2O5S. The van der Waals surface area contributed by atoms with Crippen molar-refractivity contribution in [3.05, 3.63) is 89.5 Å². The highest BCUT2D eigenvalue weighted by molar-refractivity contribution is 7.92. The maximum atomic E-state index is 13.6. The van der Waals surface area contributed by atoms with E-state index in [-0.39, 0.29) is 31.3 Å². The normalized spacial score (nSPS) is 11.1. The molecule has 0 saturated carbocycles. The monoisotopic (exact) mass is 490 g/mol. The molecule has 3 aromatic rings. The molecule has 0 aliphatic heterocycles. The third-order valence-electron chi connectivity index (χ3n) is 4.85. The molecular weight excluding hydrogens is 466 g/mol. The van der Waals surface area contributed by atoms with Crippen molar-refractivity contribution in [2.24, 2.45) is 0 Å². The Kier molecular flexibility index (Phi) is 8.06. The summed E-state index contributed by atoms with van der Waals surface area (Å²) < 4.78 is 62.9. The van der Waals surface area contributed by atoms with Gasteiger partial charge in [0.15, 0.2) is 11.6 Å². The number of hydrogen-bond donors (Lipinski definition) is 1. The van der Waals surface area contributed by atoms with Crippen molar-refractivity contribution >= 4 is 21.6 Å². The Balaban J connectivity index is 1.57. The maximum Gasteiger partial charge on any atom is 0.251 e. The van der Waals surface area contributed by atoms with E-state index in [0.29, 0.717) is 22.6 Å². The highest BCUT2D eigenvalue weighted by atomic mass is 32.2. The number of rotatable bonds is 10. The number of halogens is 2. The number of carbonyl (C=O) groups excluding carboxylic acids is 1. The molecule has 1 N–H and O–H groups in total. The van der Waals surface area contributed by atoms with Gasteiger partial charge in [0.05, 0.1) is 32.1 Å². The van der Waals surface area contributed by atoms with Crippen molar-refractivity contribution in [1.29, 1.82) is 0 Å². The molecule has 0 aliphatic carbocycles. The summed E-state index contributed by atoms with van der Waals surface area (Å²) in [5, 5.41) is 2.74. The van der Waals surface area contributed by atoms with Crippen LogP contribution in [0.4, 0.5) is 14.5 Å². The van der Waals surface area contributed by atoms with Crippen LogP contribution >= 0.6 is 0 Å². The van der Waals surface area contributed by atoms with Gasteiger partial charge in [-0.2, -0.15) is 0 Å². The first-order valence-corrected chi connectivity index (χ1v) is 12.1. The number of nitrogens with zero attached hydrogens (tertiary/aromatic N) is 1. The van der Waals surface area contributed by atoms with E-state index < -0.39 is 21.7 Å². The minimum absolute atomic E-state index is 0.0000737. The van der Waals surface area contributed by atoms with E-state index in [0.717, 1.165) is 22.7 Å². The summed E-state index contributed by atoms with van der Waals surface area (Å²) in [6.45, 7) is 0.444. The molecule has 10 heteroatoms. The first kappa shape index (κ1) is 25.0. The number of anilines is 1. The fourth-order valence-corrected chi connectivity index (χ4v) is 3.96. The maximum absolute atomic E-state index is 13.6. The third kappa shape index (κ3) is 6.67. The smallest absolute Gasteiger partial charge is 0.251 e. The van der Waals surface area contributed by atoms with Crippen LogP contribution in [0.1, 0.15) is 15.9 Å². The highest BCUT2D eigenvalue weighted by Gasteiger charge is 2.19. The topological polar surface area (TPSA) is 84.9 Å². The molecule has 0 aliphatic rings. The Bertz CT molecular complexity index is 1230. The fourth-order valence-electron chi connectivity index (χ4n) is 3.08. The number of sulfonamides is 1. The van der Waals surface area contributed by atoms with Gasteiger partial charge in [-0.25, -0.2) is 17.2 Å². The summed E-state index contributed by atoms with van der Waals surface area (Å²) in [7, 11) is -2.19. The Morgan fingerprint density at radius 3 is 2.18 bits per heavy atom. The highest BCUT2D eigenvalue weighted by Crippen LogP contribution is 2.23. The summed E-state index contributed by atoms with van der Waals surface area (Å²) in [5.74, 6) is -1.16. The van der Waals surface area contributed by atoms with Crippen molar-refractivity contribution in [3.8, 4) is 11.5 Å². The van der Waals surface area contributed by atoms with Gasteiger partial charge in [-0.05, 0) is 54.1 Å². The lowest BCUT2D eigenvalue weighted by molar-refractivity contribution is 0.0947. The van der Waals surface area contributed by atoms with Crippen LogP contribution in [0.5, 0.6) is 11.5 Å². The lowest BCUT2D eigenvalue weighted by atomic mass is 10.1. The Labute approximate surface area is 197 Å². The molecule has 0 atom stereocenters. The second kappa shape index (κ2) is 11.0. The molecule has 3 aromatic carbocycles. The minimum atomic E-state index is -3.77. The van der Waals surface area contributed by atoms with Crippen molar-refractivity contribution in [2.75, 3.05) is 30.8 Å². The second-order valence-corrected chi connectivity index (χ2v) is 9.25. The number of methoxy groups -OCH3 is 1. The van der Waals surface area contributed by atoms with Crippen LogP contribution in [0, 0.1) is 11.6 Å². The first-order valence-electron chi connectivity index (χ1n) is 10.2. The minimum Gasteiger partial charge on any atom is -0.497 e. The number of hydrogen-bond acceptors (Lipinski definition) is 5. The Morgan fingerprint density at radius 1 is 0.941 bits per heavy atom. The van der Waals surface area contributed by atoms with Crippen LogP contribution in [0.25, 0.3) is 0 Å². The Hall–Kier alpha value is -3.66. The van der Waals surface area contributed by atoms with Crippen LogP contribution < -0.4 is 19.1 Å². The fraction of sp³-hybridized carbons (Fsp3) is 0.208. The van der Waals surface area contributed by atoms with Crippen LogP contribution in [-0.4, -0.2) is 40.8 Å². The first-order chi connectivity index (χ1) is 16.2. The lowest BCUT2D eigenvalue weighted by Crippen LogP contribution is -2.30. The molecule has 0 aromatic heterocycles.